The Labute approximate surface area is 222 Å². The molecule has 39 heavy (non-hydrogen) atoms. The first-order chi connectivity index (χ1) is 18.4. The maximum atomic E-state index is 14.9. The number of ether oxygens (including phenoxy) is 2. The molecule has 0 saturated heterocycles. The molecule has 2 aliphatic carbocycles. The fraction of sp³-hybridized carbons (Fsp3) is 0.586. The third-order valence-corrected chi connectivity index (χ3v) is 7.98. The van der Waals surface area contributed by atoms with E-state index in [1.165, 1.54) is 0 Å². The molecule has 216 valence electrons. The summed E-state index contributed by atoms with van der Waals surface area (Å²) in [4.78, 5) is 0. The number of hydrogen-bond acceptors (Lipinski definition) is 2. The molecular weight excluding hydrogens is 532 g/mol. The van der Waals surface area contributed by atoms with Crippen molar-refractivity contribution in [3.05, 3.63) is 53.6 Å². The number of rotatable bonds is 9. The third kappa shape index (κ3) is 7.05. The average molecular weight is 565 g/mol. The lowest BCUT2D eigenvalue weighted by Gasteiger charge is -2.38. The molecule has 0 spiro atoms. The zero-order valence-corrected chi connectivity index (χ0v) is 21.6. The molecule has 2 aliphatic rings. The summed E-state index contributed by atoms with van der Waals surface area (Å²) < 4.78 is 124. The highest BCUT2D eigenvalue weighted by Gasteiger charge is 2.48. The van der Waals surface area contributed by atoms with Gasteiger partial charge in [0.25, 0.3) is 0 Å². The topological polar surface area (TPSA) is 18.5 Å². The molecule has 2 saturated carbocycles. The van der Waals surface area contributed by atoms with Crippen LogP contribution >= 0.6 is 0 Å². The number of halogens is 8. The Morgan fingerprint density at radius 1 is 0.718 bits per heavy atom. The summed E-state index contributed by atoms with van der Waals surface area (Å²) in [7, 11) is 0. The van der Waals surface area contributed by atoms with Crippen LogP contribution in [0.4, 0.5) is 35.1 Å². The van der Waals surface area contributed by atoms with E-state index >= 15 is 0 Å². The zero-order chi connectivity index (χ0) is 28.4. The van der Waals surface area contributed by atoms with E-state index in [0.29, 0.717) is 37.0 Å². The molecule has 0 aromatic heterocycles. The van der Waals surface area contributed by atoms with Gasteiger partial charge in [0.1, 0.15) is 11.6 Å². The van der Waals surface area contributed by atoms with Gasteiger partial charge in [0, 0.05) is 11.6 Å². The zero-order valence-electron chi connectivity index (χ0n) is 21.6. The van der Waals surface area contributed by atoms with Crippen LogP contribution in [0.25, 0.3) is 11.1 Å². The van der Waals surface area contributed by atoms with Crippen molar-refractivity contribution in [2.75, 3.05) is 0 Å². The van der Waals surface area contributed by atoms with Crippen molar-refractivity contribution < 1.29 is 44.6 Å². The van der Waals surface area contributed by atoms with Gasteiger partial charge in [-0.15, -0.1) is 0 Å². The van der Waals surface area contributed by atoms with Gasteiger partial charge in [-0.05, 0) is 87.1 Å². The molecule has 4 rings (SSSR count). The highest BCUT2D eigenvalue weighted by atomic mass is 19.3. The van der Waals surface area contributed by atoms with Crippen molar-refractivity contribution in [3.63, 3.8) is 0 Å². The second kappa shape index (κ2) is 12.0. The molecule has 2 fully saturated rings. The average Bonchev–Trinajstić information content (AvgIpc) is 2.87. The molecule has 0 aliphatic heterocycles. The summed E-state index contributed by atoms with van der Waals surface area (Å²) in [6.07, 6.45) is -3.75. The lowest BCUT2D eigenvalue weighted by molar-refractivity contribution is -0.306. The van der Waals surface area contributed by atoms with Gasteiger partial charge in [-0.3, -0.25) is 0 Å². The van der Waals surface area contributed by atoms with E-state index in [1.807, 2.05) is 0 Å². The van der Waals surface area contributed by atoms with Gasteiger partial charge in [0.05, 0.1) is 17.9 Å². The maximum absolute atomic E-state index is 14.9. The Hall–Kier alpha value is -2.36. The summed E-state index contributed by atoms with van der Waals surface area (Å²) in [6.45, 7) is 2.07. The van der Waals surface area contributed by atoms with Gasteiger partial charge >= 0.3 is 12.2 Å². The summed E-state index contributed by atoms with van der Waals surface area (Å²) in [5.74, 6) is -8.06. The first kappa shape index (κ1) is 29.6. The minimum Gasteiger partial charge on any atom is -0.432 e. The Kier molecular flexibility index (Phi) is 9.13. The van der Waals surface area contributed by atoms with E-state index in [2.05, 4.69) is 6.92 Å². The van der Waals surface area contributed by atoms with Crippen LogP contribution in [0.1, 0.15) is 71.1 Å². The molecule has 0 N–H and O–H groups in total. The lowest BCUT2D eigenvalue weighted by atomic mass is 9.79. The standard InChI is InChI=1S/C29H32F8O2/c1-2-3-17-4-6-19(7-5-17)28(34,35)38-21-10-8-20(9-11-21)29(36,37)39-22-12-13-23(24(30)16-22)18-14-25(31)27(33)26(32)15-18/h12-17,19-21H,2-11H2,1H3. The minimum atomic E-state index is -3.72. The fourth-order valence-corrected chi connectivity index (χ4v) is 5.78. The predicted molar refractivity (Wildman–Crippen MR) is 129 cm³/mol. The first-order valence-corrected chi connectivity index (χ1v) is 13.5. The molecule has 0 atom stereocenters. The van der Waals surface area contributed by atoms with Crippen LogP contribution in [-0.4, -0.2) is 18.3 Å². The number of benzene rings is 2. The van der Waals surface area contributed by atoms with Gasteiger partial charge in [-0.2, -0.15) is 17.6 Å². The van der Waals surface area contributed by atoms with Crippen LogP contribution in [0.15, 0.2) is 30.3 Å². The minimum absolute atomic E-state index is 0.0133. The van der Waals surface area contributed by atoms with Crippen LogP contribution in [0.2, 0.25) is 0 Å². The normalized spacial score (nSPS) is 24.5. The van der Waals surface area contributed by atoms with Crippen LogP contribution < -0.4 is 4.74 Å². The molecule has 0 heterocycles. The molecular formula is C29H32F8O2. The molecule has 0 amide bonds. The van der Waals surface area contributed by atoms with E-state index in [-0.39, 0.29) is 36.8 Å². The molecule has 0 bridgehead atoms. The van der Waals surface area contributed by atoms with Crippen LogP contribution in [0.3, 0.4) is 0 Å². The Morgan fingerprint density at radius 2 is 1.28 bits per heavy atom. The second-order valence-electron chi connectivity index (χ2n) is 10.7. The van der Waals surface area contributed by atoms with Crippen molar-refractivity contribution in [2.24, 2.45) is 17.8 Å². The van der Waals surface area contributed by atoms with E-state index in [4.69, 9.17) is 9.47 Å². The molecule has 10 heteroatoms. The third-order valence-electron chi connectivity index (χ3n) is 7.98. The van der Waals surface area contributed by atoms with E-state index in [1.54, 1.807) is 0 Å². The summed E-state index contributed by atoms with van der Waals surface area (Å²) >= 11 is 0. The van der Waals surface area contributed by atoms with Crippen molar-refractivity contribution in [2.45, 2.75) is 89.5 Å². The predicted octanol–water partition coefficient (Wildman–Crippen LogP) is 9.66. The van der Waals surface area contributed by atoms with E-state index < -0.39 is 59.2 Å². The number of hydrogen-bond donors (Lipinski definition) is 0. The molecule has 2 aromatic rings. The van der Waals surface area contributed by atoms with Crippen molar-refractivity contribution in [1.82, 2.24) is 0 Å². The molecule has 0 unspecified atom stereocenters. The monoisotopic (exact) mass is 564 g/mol. The van der Waals surface area contributed by atoms with Gasteiger partial charge in [-0.25, -0.2) is 17.6 Å². The summed E-state index contributed by atoms with van der Waals surface area (Å²) in [5, 5.41) is 0. The van der Waals surface area contributed by atoms with E-state index in [0.717, 1.165) is 37.8 Å². The van der Waals surface area contributed by atoms with Gasteiger partial charge in [0.2, 0.25) is 0 Å². The Morgan fingerprint density at radius 3 is 1.85 bits per heavy atom. The quantitative estimate of drug-likeness (QED) is 0.223. The van der Waals surface area contributed by atoms with Gasteiger partial charge in [0.15, 0.2) is 17.5 Å². The molecule has 2 aromatic carbocycles. The van der Waals surface area contributed by atoms with Crippen LogP contribution in [0.5, 0.6) is 5.75 Å². The maximum Gasteiger partial charge on any atom is 0.400 e. The summed E-state index contributed by atoms with van der Waals surface area (Å²) in [6, 6.07) is 3.83. The van der Waals surface area contributed by atoms with Gasteiger partial charge < -0.3 is 9.47 Å². The largest absolute Gasteiger partial charge is 0.432 e. The van der Waals surface area contributed by atoms with Crippen molar-refractivity contribution in [1.29, 1.82) is 0 Å². The number of alkyl halides is 4. The lowest BCUT2D eigenvalue weighted by Crippen LogP contribution is -2.42. The SMILES string of the molecule is CCCC1CCC(C(F)(F)OC2CCC(C(F)(F)Oc3ccc(-c4cc(F)c(F)c(F)c4)c(F)c3)CC2)CC1. The highest BCUT2D eigenvalue weighted by molar-refractivity contribution is 5.65. The van der Waals surface area contributed by atoms with Crippen LogP contribution in [0, 0.1) is 41.0 Å². The molecule has 2 nitrogen and oxygen atoms in total. The first-order valence-electron chi connectivity index (χ1n) is 13.5. The Bertz CT molecular complexity index is 1100. The smallest absolute Gasteiger partial charge is 0.400 e. The Balaban J connectivity index is 1.32. The fourth-order valence-electron chi connectivity index (χ4n) is 5.78. The molecule has 0 radical (unpaired) electrons. The second-order valence-corrected chi connectivity index (χ2v) is 10.7. The van der Waals surface area contributed by atoms with Gasteiger partial charge in [-0.1, -0.05) is 19.8 Å². The van der Waals surface area contributed by atoms with Crippen molar-refractivity contribution >= 4 is 0 Å². The van der Waals surface area contributed by atoms with Crippen molar-refractivity contribution in [3.8, 4) is 16.9 Å². The van der Waals surface area contributed by atoms with Crippen LogP contribution in [-0.2, 0) is 4.74 Å². The van der Waals surface area contributed by atoms with E-state index in [9.17, 15) is 35.1 Å². The summed E-state index contributed by atoms with van der Waals surface area (Å²) in [5.41, 5.74) is -0.646. The highest BCUT2D eigenvalue weighted by Crippen LogP contribution is 2.44.